The molecule has 0 spiro atoms. The zero-order valence-electron chi connectivity index (χ0n) is 14.2. The molecule has 22 heavy (non-hydrogen) atoms. The van der Waals surface area contributed by atoms with E-state index >= 15 is 0 Å². The highest BCUT2D eigenvalue weighted by atomic mass is 16.5. The van der Waals surface area contributed by atoms with Crippen LogP contribution in [0.5, 0.6) is 5.75 Å². The van der Waals surface area contributed by atoms with Crippen molar-refractivity contribution in [3.05, 3.63) is 35.5 Å². The molecule has 0 amide bonds. The maximum absolute atomic E-state index is 11.0. The molecular weight excluding hydrogens is 276 g/mol. The van der Waals surface area contributed by atoms with Crippen LogP contribution in [0.3, 0.4) is 0 Å². The molecule has 0 aliphatic carbocycles. The molecule has 1 aromatic carbocycles. The molecule has 4 nitrogen and oxygen atoms in total. The summed E-state index contributed by atoms with van der Waals surface area (Å²) in [6.07, 6.45) is 1.65. The van der Waals surface area contributed by atoms with Crippen LogP contribution in [-0.4, -0.2) is 42.7 Å². The number of methoxy groups -OCH3 is 1. The van der Waals surface area contributed by atoms with Crippen molar-refractivity contribution in [3.63, 3.8) is 0 Å². The highest BCUT2D eigenvalue weighted by molar-refractivity contribution is 5.84. The molecule has 0 aliphatic rings. The zero-order valence-corrected chi connectivity index (χ0v) is 14.2. The van der Waals surface area contributed by atoms with Crippen LogP contribution < -0.4 is 4.74 Å². The predicted octanol–water partition coefficient (Wildman–Crippen LogP) is 3.10. The Bertz CT molecular complexity index is 651. The van der Waals surface area contributed by atoms with Gasteiger partial charge in [0.05, 0.1) is 18.2 Å². The molecular formula is C18H26N2O2. The number of rotatable bonds is 6. The Hall–Kier alpha value is -1.65. The molecule has 1 aromatic heterocycles. The average molecular weight is 302 g/mol. The smallest absolute Gasteiger partial charge is 0.119 e. The molecule has 0 unspecified atom stereocenters. The normalized spacial score (nSPS) is 14.3. The van der Waals surface area contributed by atoms with Gasteiger partial charge in [0.15, 0.2) is 0 Å². The summed E-state index contributed by atoms with van der Waals surface area (Å²) in [5.74, 6) is 0.781. The second-order valence-corrected chi connectivity index (χ2v) is 6.37. The van der Waals surface area contributed by atoms with Crippen LogP contribution in [0.1, 0.15) is 31.0 Å². The first kappa shape index (κ1) is 16.7. The van der Waals surface area contributed by atoms with Gasteiger partial charge in [0, 0.05) is 11.1 Å². The van der Waals surface area contributed by atoms with E-state index in [1.165, 1.54) is 0 Å². The summed E-state index contributed by atoms with van der Waals surface area (Å²) >= 11 is 0. The summed E-state index contributed by atoms with van der Waals surface area (Å²) in [6, 6.07) is 7.79. The van der Waals surface area contributed by atoms with Crippen LogP contribution in [-0.2, 0) is 5.60 Å². The van der Waals surface area contributed by atoms with Crippen molar-refractivity contribution in [1.29, 1.82) is 0 Å². The third-order valence-electron chi connectivity index (χ3n) is 3.99. The van der Waals surface area contributed by atoms with Crippen LogP contribution in [0.4, 0.5) is 0 Å². The molecule has 1 heterocycles. The summed E-state index contributed by atoms with van der Waals surface area (Å²) in [5.41, 5.74) is 1.85. The number of aromatic nitrogens is 1. The van der Waals surface area contributed by atoms with E-state index in [-0.39, 0.29) is 0 Å². The lowest BCUT2D eigenvalue weighted by Crippen LogP contribution is -2.24. The molecule has 120 valence electrons. The Kier molecular flexibility index (Phi) is 5.04. The van der Waals surface area contributed by atoms with E-state index in [2.05, 4.69) is 9.88 Å². The second-order valence-electron chi connectivity index (χ2n) is 6.37. The van der Waals surface area contributed by atoms with E-state index < -0.39 is 5.60 Å². The van der Waals surface area contributed by atoms with E-state index in [1.54, 1.807) is 7.11 Å². The van der Waals surface area contributed by atoms with Gasteiger partial charge in [-0.2, -0.15) is 0 Å². The Morgan fingerprint density at radius 2 is 2.00 bits per heavy atom. The Balaban J connectivity index is 2.43. The second kappa shape index (κ2) is 6.63. The summed E-state index contributed by atoms with van der Waals surface area (Å²) in [6.45, 7) is 4.81. The van der Waals surface area contributed by atoms with E-state index in [9.17, 15) is 5.11 Å². The fourth-order valence-corrected chi connectivity index (χ4v) is 2.78. The fraction of sp³-hybridized carbons (Fsp3) is 0.500. The van der Waals surface area contributed by atoms with Gasteiger partial charge in [-0.05, 0) is 77.2 Å². The number of nitrogens with zero attached hydrogens (tertiary/aromatic N) is 2. The maximum atomic E-state index is 11.0. The number of fused-ring (bicyclic) bond motifs is 1. The molecule has 0 radical (unpaired) electrons. The van der Waals surface area contributed by atoms with E-state index in [0.29, 0.717) is 6.42 Å². The number of pyridine rings is 1. The number of benzene rings is 1. The molecule has 0 saturated heterocycles. The van der Waals surface area contributed by atoms with Crippen molar-refractivity contribution in [2.75, 3.05) is 27.7 Å². The first-order chi connectivity index (χ1) is 10.3. The SMILES string of the molecule is COc1ccc2nc(C)cc([C@@](C)(O)CCCN(C)C)c2c1. The topological polar surface area (TPSA) is 45.6 Å². The lowest BCUT2D eigenvalue weighted by atomic mass is 9.88. The Morgan fingerprint density at radius 3 is 2.64 bits per heavy atom. The average Bonchev–Trinajstić information content (AvgIpc) is 2.45. The standard InChI is InChI=1S/C18H26N2O2/c1-13-11-16(18(2,21)9-6-10-20(3)4)15-12-14(22-5)7-8-17(15)19-13/h7-8,11-12,21H,6,9-10H2,1-5H3/t18-/m0/s1. The zero-order chi connectivity index (χ0) is 16.3. The largest absolute Gasteiger partial charge is 0.497 e. The van der Waals surface area contributed by atoms with Gasteiger partial charge in [-0.1, -0.05) is 0 Å². The van der Waals surface area contributed by atoms with E-state index in [4.69, 9.17) is 4.74 Å². The number of ether oxygens (including phenoxy) is 1. The van der Waals surface area contributed by atoms with Gasteiger partial charge in [-0.3, -0.25) is 4.98 Å². The van der Waals surface area contributed by atoms with Crippen molar-refractivity contribution in [2.24, 2.45) is 0 Å². The fourth-order valence-electron chi connectivity index (χ4n) is 2.78. The Labute approximate surface area is 132 Å². The number of aliphatic hydroxyl groups is 1. The third kappa shape index (κ3) is 3.76. The van der Waals surface area contributed by atoms with Crippen LogP contribution in [0, 0.1) is 6.92 Å². The van der Waals surface area contributed by atoms with Crippen LogP contribution >= 0.6 is 0 Å². The van der Waals surface area contributed by atoms with Crippen molar-refractivity contribution in [1.82, 2.24) is 9.88 Å². The molecule has 2 rings (SSSR count). The monoisotopic (exact) mass is 302 g/mol. The van der Waals surface area contributed by atoms with Crippen LogP contribution in [0.25, 0.3) is 10.9 Å². The van der Waals surface area contributed by atoms with Crippen LogP contribution in [0.2, 0.25) is 0 Å². The molecule has 0 aliphatic heterocycles. The van der Waals surface area contributed by atoms with Crippen molar-refractivity contribution in [3.8, 4) is 5.75 Å². The number of hydrogen-bond acceptors (Lipinski definition) is 4. The lowest BCUT2D eigenvalue weighted by Gasteiger charge is -2.26. The van der Waals surface area contributed by atoms with Crippen molar-refractivity contribution >= 4 is 10.9 Å². The van der Waals surface area contributed by atoms with E-state index in [0.717, 1.165) is 40.9 Å². The third-order valence-corrected chi connectivity index (χ3v) is 3.99. The minimum Gasteiger partial charge on any atom is -0.497 e. The van der Waals surface area contributed by atoms with Gasteiger partial charge in [0.1, 0.15) is 5.75 Å². The van der Waals surface area contributed by atoms with Crippen molar-refractivity contribution in [2.45, 2.75) is 32.3 Å². The summed E-state index contributed by atoms with van der Waals surface area (Å²) in [4.78, 5) is 6.69. The van der Waals surface area contributed by atoms with Crippen LogP contribution in [0.15, 0.2) is 24.3 Å². The Morgan fingerprint density at radius 1 is 1.27 bits per heavy atom. The van der Waals surface area contributed by atoms with Gasteiger partial charge in [-0.15, -0.1) is 0 Å². The maximum Gasteiger partial charge on any atom is 0.119 e. The minimum atomic E-state index is -0.881. The van der Waals surface area contributed by atoms with Crippen molar-refractivity contribution < 1.29 is 9.84 Å². The first-order valence-corrected chi connectivity index (χ1v) is 7.66. The lowest BCUT2D eigenvalue weighted by molar-refractivity contribution is 0.0450. The highest BCUT2D eigenvalue weighted by Gasteiger charge is 2.26. The molecule has 4 heteroatoms. The quantitative estimate of drug-likeness (QED) is 0.890. The molecule has 1 N–H and O–H groups in total. The van der Waals surface area contributed by atoms with Gasteiger partial charge in [-0.25, -0.2) is 0 Å². The summed E-state index contributed by atoms with van der Waals surface area (Å²) < 4.78 is 5.32. The molecule has 2 aromatic rings. The predicted molar refractivity (Wildman–Crippen MR) is 90.4 cm³/mol. The summed E-state index contributed by atoms with van der Waals surface area (Å²) in [5, 5.41) is 12.0. The first-order valence-electron chi connectivity index (χ1n) is 7.66. The minimum absolute atomic E-state index is 0.709. The number of aryl methyl sites for hydroxylation is 1. The van der Waals surface area contributed by atoms with Gasteiger partial charge < -0.3 is 14.7 Å². The van der Waals surface area contributed by atoms with Gasteiger partial charge in [0.25, 0.3) is 0 Å². The highest BCUT2D eigenvalue weighted by Crippen LogP contribution is 2.33. The van der Waals surface area contributed by atoms with E-state index in [1.807, 2.05) is 52.2 Å². The molecule has 0 saturated carbocycles. The molecule has 0 bridgehead atoms. The summed E-state index contributed by atoms with van der Waals surface area (Å²) in [7, 11) is 5.74. The molecule has 1 atom stereocenters. The van der Waals surface area contributed by atoms with Gasteiger partial charge in [0.2, 0.25) is 0 Å². The molecule has 0 fully saturated rings. The van der Waals surface area contributed by atoms with Gasteiger partial charge >= 0.3 is 0 Å². The number of hydrogen-bond donors (Lipinski definition) is 1.